The Morgan fingerprint density at radius 3 is 2.57 bits per heavy atom. The molecule has 2 aromatic carbocycles. The molecule has 2 heterocycles. The summed E-state index contributed by atoms with van der Waals surface area (Å²) in [5, 5.41) is 7.60. The molecule has 148 valence electrons. The lowest BCUT2D eigenvalue weighted by Gasteiger charge is -2.10. The van der Waals surface area contributed by atoms with Crippen LogP contribution in [0.5, 0.6) is 0 Å². The van der Waals surface area contributed by atoms with Crippen LogP contribution in [0.3, 0.4) is 0 Å². The Bertz CT molecular complexity index is 1150. The molecule has 0 aliphatic carbocycles. The second kappa shape index (κ2) is 9.01. The maximum absolute atomic E-state index is 11.6. The van der Waals surface area contributed by atoms with Gasteiger partial charge in [-0.15, -0.1) is 0 Å². The Morgan fingerprint density at radius 1 is 0.967 bits per heavy atom. The quantitative estimate of drug-likeness (QED) is 0.471. The number of rotatable bonds is 7. The first-order chi connectivity index (χ1) is 14.7. The number of pyridine rings is 1. The molecule has 0 fully saturated rings. The first-order valence-corrected chi connectivity index (χ1v) is 9.73. The summed E-state index contributed by atoms with van der Waals surface area (Å²) in [5.74, 6) is -0.192. The molecule has 0 aliphatic heterocycles. The van der Waals surface area contributed by atoms with Crippen LogP contribution in [0, 0.1) is 0 Å². The van der Waals surface area contributed by atoms with Crippen molar-refractivity contribution >= 4 is 5.91 Å². The number of benzene rings is 2. The van der Waals surface area contributed by atoms with E-state index in [1.165, 1.54) is 6.08 Å². The van der Waals surface area contributed by atoms with Gasteiger partial charge in [-0.1, -0.05) is 43.0 Å². The van der Waals surface area contributed by atoms with Crippen molar-refractivity contribution in [2.45, 2.75) is 13.1 Å². The summed E-state index contributed by atoms with van der Waals surface area (Å²) in [5.41, 5.74) is 6.18. The van der Waals surface area contributed by atoms with Crippen LogP contribution in [0.4, 0.5) is 0 Å². The molecule has 0 aliphatic rings. The molecule has 0 unspecified atom stereocenters. The number of nitrogens with zero attached hydrogens (tertiary/aromatic N) is 3. The fourth-order valence-corrected chi connectivity index (χ4v) is 3.28. The van der Waals surface area contributed by atoms with Gasteiger partial charge < -0.3 is 5.32 Å². The lowest BCUT2D eigenvalue weighted by molar-refractivity contribution is -0.116. The van der Waals surface area contributed by atoms with Crippen LogP contribution in [0.2, 0.25) is 0 Å². The van der Waals surface area contributed by atoms with Gasteiger partial charge in [0.1, 0.15) is 0 Å². The van der Waals surface area contributed by atoms with E-state index < -0.39 is 0 Å². The van der Waals surface area contributed by atoms with Gasteiger partial charge in [0.05, 0.1) is 12.2 Å². The molecule has 5 nitrogen and oxygen atoms in total. The normalized spacial score (nSPS) is 10.5. The minimum atomic E-state index is -0.192. The Kier molecular flexibility index (Phi) is 5.80. The molecule has 2 aromatic heterocycles. The molecule has 0 saturated heterocycles. The zero-order valence-corrected chi connectivity index (χ0v) is 16.5. The van der Waals surface area contributed by atoms with E-state index in [9.17, 15) is 4.79 Å². The minimum Gasteiger partial charge on any atom is -0.348 e. The highest BCUT2D eigenvalue weighted by atomic mass is 16.1. The lowest BCUT2D eigenvalue weighted by atomic mass is 9.98. The van der Waals surface area contributed by atoms with E-state index >= 15 is 0 Å². The van der Waals surface area contributed by atoms with Gasteiger partial charge in [-0.05, 0) is 58.7 Å². The SMILES string of the molecule is C=CC(=O)NCc1cc(-c2ccccc2)cc(-c2ccn(Cc3cccnc3)n2)c1. The zero-order chi connectivity index (χ0) is 20.8. The first-order valence-electron chi connectivity index (χ1n) is 9.73. The third-order valence-electron chi connectivity index (χ3n) is 4.76. The van der Waals surface area contributed by atoms with E-state index in [4.69, 9.17) is 5.10 Å². The average molecular weight is 394 g/mol. The molecule has 1 N–H and O–H groups in total. The molecule has 5 heteroatoms. The van der Waals surface area contributed by atoms with E-state index in [1.54, 1.807) is 6.20 Å². The van der Waals surface area contributed by atoms with Crippen LogP contribution < -0.4 is 5.32 Å². The summed E-state index contributed by atoms with van der Waals surface area (Å²) in [6.45, 7) is 4.60. The minimum absolute atomic E-state index is 0.192. The molecule has 4 aromatic rings. The predicted octanol–water partition coefficient (Wildman–Crippen LogP) is 4.46. The predicted molar refractivity (Wildman–Crippen MR) is 118 cm³/mol. The second-order valence-electron chi connectivity index (χ2n) is 6.97. The molecule has 30 heavy (non-hydrogen) atoms. The molecule has 1 amide bonds. The number of carbonyl (C=O) groups is 1. The standard InChI is InChI=1S/C25H22N4O/c1-2-25(30)27-17-20-13-22(21-8-4-3-5-9-21)15-23(14-20)24-10-12-29(28-24)18-19-7-6-11-26-16-19/h2-16H,1,17-18H2,(H,27,30). The van der Waals surface area contributed by atoms with Gasteiger partial charge in [-0.25, -0.2) is 0 Å². The van der Waals surface area contributed by atoms with Crippen molar-refractivity contribution in [2.75, 3.05) is 0 Å². The number of carbonyl (C=O) groups excluding carboxylic acids is 1. The van der Waals surface area contributed by atoms with Crippen LogP contribution >= 0.6 is 0 Å². The van der Waals surface area contributed by atoms with Gasteiger partial charge in [0.2, 0.25) is 5.91 Å². The molecule has 0 radical (unpaired) electrons. The number of hydrogen-bond donors (Lipinski definition) is 1. The fraction of sp³-hybridized carbons (Fsp3) is 0.0800. The van der Waals surface area contributed by atoms with Gasteiger partial charge in [0.25, 0.3) is 0 Å². The smallest absolute Gasteiger partial charge is 0.243 e. The summed E-state index contributed by atoms with van der Waals surface area (Å²) in [4.78, 5) is 15.8. The summed E-state index contributed by atoms with van der Waals surface area (Å²) in [6.07, 6.45) is 6.86. The van der Waals surface area contributed by atoms with Crippen molar-refractivity contribution in [1.82, 2.24) is 20.1 Å². The monoisotopic (exact) mass is 394 g/mol. The van der Waals surface area contributed by atoms with Crippen molar-refractivity contribution in [2.24, 2.45) is 0 Å². The Hall–Kier alpha value is -3.99. The van der Waals surface area contributed by atoms with E-state index in [2.05, 4.69) is 47.2 Å². The number of aromatic nitrogens is 3. The van der Waals surface area contributed by atoms with Crippen LogP contribution in [0.1, 0.15) is 11.1 Å². The van der Waals surface area contributed by atoms with Crippen LogP contribution in [0.25, 0.3) is 22.4 Å². The summed E-state index contributed by atoms with van der Waals surface area (Å²) >= 11 is 0. The van der Waals surface area contributed by atoms with Gasteiger partial charge in [-0.3, -0.25) is 14.5 Å². The lowest BCUT2D eigenvalue weighted by Crippen LogP contribution is -2.19. The van der Waals surface area contributed by atoms with Crippen LogP contribution in [-0.2, 0) is 17.9 Å². The number of amides is 1. The van der Waals surface area contributed by atoms with Crippen molar-refractivity contribution < 1.29 is 4.79 Å². The average Bonchev–Trinajstić information content (AvgIpc) is 3.27. The fourth-order valence-electron chi connectivity index (χ4n) is 3.28. The zero-order valence-electron chi connectivity index (χ0n) is 16.5. The molecule has 0 bridgehead atoms. The van der Waals surface area contributed by atoms with Crippen LogP contribution in [-0.4, -0.2) is 20.7 Å². The van der Waals surface area contributed by atoms with Crippen molar-refractivity contribution in [3.8, 4) is 22.4 Å². The van der Waals surface area contributed by atoms with Crippen molar-refractivity contribution in [3.63, 3.8) is 0 Å². The molecular formula is C25H22N4O. The third-order valence-corrected chi connectivity index (χ3v) is 4.76. The van der Waals surface area contributed by atoms with Crippen molar-refractivity contribution in [1.29, 1.82) is 0 Å². The first kappa shape index (κ1) is 19.3. The highest BCUT2D eigenvalue weighted by molar-refractivity contribution is 5.86. The molecule has 0 atom stereocenters. The number of hydrogen-bond acceptors (Lipinski definition) is 3. The third kappa shape index (κ3) is 4.70. The Labute approximate surface area is 175 Å². The van der Waals surface area contributed by atoms with Gasteiger partial charge in [-0.2, -0.15) is 5.10 Å². The molecule has 0 saturated carbocycles. The largest absolute Gasteiger partial charge is 0.348 e. The van der Waals surface area contributed by atoms with E-state index in [0.29, 0.717) is 13.1 Å². The van der Waals surface area contributed by atoms with Crippen molar-refractivity contribution in [3.05, 3.63) is 109 Å². The maximum Gasteiger partial charge on any atom is 0.243 e. The number of nitrogens with one attached hydrogen (secondary N) is 1. The van der Waals surface area contributed by atoms with Gasteiger partial charge in [0, 0.05) is 30.7 Å². The Balaban J connectivity index is 1.66. The maximum atomic E-state index is 11.6. The van der Waals surface area contributed by atoms with E-state index in [1.807, 2.05) is 53.5 Å². The topological polar surface area (TPSA) is 59.8 Å². The van der Waals surface area contributed by atoms with Gasteiger partial charge >= 0.3 is 0 Å². The highest BCUT2D eigenvalue weighted by Crippen LogP contribution is 2.27. The second-order valence-corrected chi connectivity index (χ2v) is 6.97. The van der Waals surface area contributed by atoms with E-state index in [-0.39, 0.29) is 5.91 Å². The molecule has 4 rings (SSSR count). The molecule has 0 spiro atoms. The highest BCUT2D eigenvalue weighted by Gasteiger charge is 2.09. The van der Waals surface area contributed by atoms with Crippen LogP contribution in [0.15, 0.2) is 98.0 Å². The Morgan fingerprint density at radius 2 is 1.80 bits per heavy atom. The summed E-state index contributed by atoms with van der Waals surface area (Å²) < 4.78 is 1.90. The molecular weight excluding hydrogens is 372 g/mol. The summed E-state index contributed by atoms with van der Waals surface area (Å²) in [7, 11) is 0. The summed E-state index contributed by atoms with van der Waals surface area (Å²) in [6, 6.07) is 22.4. The van der Waals surface area contributed by atoms with Gasteiger partial charge in [0.15, 0.2) is 0 Å². The van der Waals surface area contributed by atoms with E-state index in [0.717, 1.165) is 33.5 Å².